The zero-order valence-electron chi connectivity index (χ0n) is 12.3. The van der Waals surface area contributed by atoms with Gasteiger partial charge in [-0.05, 0) is 82.4 Å². The average molecular weight is 454 g/mol. The highest BCUT2D eigenvalue weighted by atomic mass is 127. The molecule has 0 saturated carbocycles. The second kappa shape index (κ2) is 7.35. The quantitative estimate of drug-likeness (QED) is 0.545. The van der Waals surface area contributed by atoms with Crippen LogP contribution in [-0.2, 0) is 4.79 Å². The number of halogens is 2. The van der Waals surface area contributed by atoms with Gasteiger partial charge in [-0.25, -0.2) is 4.39 Å². The monoisotopic (exact) mass is 454 g/mol. The van der Waals surface area contributed by atoms with Gasteiger partial charge in [-0.3, -0.25) is 14.5 Å². The summed E-state index contributed by atoms with van der Waals surface area (Å²) in [6, 6.07) is 13.4. The Bertz CT molecular complexity index is 806. The van der Waals surface area contributed by atoms with Crippen molar-refractivity contribution in [1.29, 1.82) is 0 Å². The van der Waals surface area contributed by atoms with Crippen LogP contribution in [-0.4, -0.2) is 22.7 Å². The molecule has 2 aromatic rings. The van der Waals surface area contributed by atoms with Crippen LogP contribution in [0.15, 0.2) is 53.4 Å². The fourth-order valence-corrected chi connectivity index (χ4v) is 3.28. The lowest BCUT2D eigenvalue weighted by Gasteiger charge is -2.14. The predicted octanol–water partition coefficient (Wildman–Crippen LogP) is 4.54. The maximum atomic E-state index is 12.9. The Kier molecular flexibility index (Phi) is 5.20. The Balaban J connectivity index is 1.69. The SMILES string of the molecule is O=C1S/C(=C/c2ccc(F)cc2)C(=O)N1CNc1ccc(I)cc1. The predicted molar refractivity (Wildman–Crippen MR) is 102 cm³/mol. The third kappa shape index (κ3) is 3.96. The van der Waals surface area contributed by atoms with Crippen molar-refractivity contribution >= 4 is 57.3 Å². The molecule has 0 aromatic heterocycles. The molecule has 7 heteroatoms. The van der Waals surface area contributed by atoms with Crippen LogP contribution in [0.5, 0.6) is 0 Å². The van der Waals surface area contributed by atoms with E-state index >= 15 is 0 Å². The largest absolute Gasteiger partial charge is 0.367 e. The number of hydrogen-bond donors (Lipinski definition) is 1. The number of anilines is 1. The summed E-state index contributed by atoms with van der Waals surface area (Å²) in [6.07, 6.45) is 1.59. The molecule has 4 nitrogen and oxygen atoms in total. The number of amides is 2. The Hall–Kier alpha value is -1.87. The van der Waals surface area contributed by atoms with E-state index in [0.29, 0.717) is 10.5 Å². The van der Waals surface area contributed by atoms with Crippen LogP contribution in [0.25, 0.3) is 6.08 Å². The second-order valence-corrected chi connectivity index (χ2v) is 7.24. The minimum Gasteiger partial charge on any atom is -0.367 e. The average Bonchev–Trinajstić information content (AvgIpc) is 2.83. The van der Waals surface area contributed by atoms with E-state index in [1.807, 2.05) is 24.3 Å². The molecule has 1 heterocycles. The number of hydrogen-bond acceptors (Lipinski definition) is 4. The van der Waals surface area contributed by atoms with Crippen molar-refractivity contribution in [1.82, 2.24) is 4.90 Å². The first kappa shape index (κ1) is 17.0. The van der Waals surface area contributed by atoms with Crippen LogP contribution in [0.1, 0.15) is 5.56 Å². The topological polar surface area (TPSA) is 49.4 Å². The zero-order valence-corrected chi connectivity index (χ0v) is 15.3. The molecule has 0 atom stereocenters. The molecule has 0 spiro atoms. The van der Waals surface area contributed by atoms with Gasteiger partial charge in [-0.1, -0.05) is 12.1 Å². The van der Waals surface area contributed by atoms with Gasteiger partial charge in [-0.15, -0.1) is 0 Å². The van der Waals surface area contributed by atoms with Crippen molar-refractivity contribution in [2.45, 2.75) is 0 Å². The van der Waals surface area contributed by atoms with E-state index in [-0.39, 0.29) is 23.6 Å². The molecule has 122 valence electrons. The fourth-order valence-electron chi connectivity index (χ4n) is 2.08. The Morgan fingerprint density at radius 2 is 1.75 bits per heavy atom. The fraction of sp³-hybridized carbons (Fsp3) is 0.0588. The summed E-state index contributed by atoms with van der Waals surface area (Å²) in [6.45, 7) is 0.103. The molecule has 1 fully saturated rings. The van der Waals surface area contributed by atoms with E-state index in [1.54, 1.807) is 18.2 Å². The van der Waals surface area contributed by atoms with Gasteiger partial charge in [0.2, 0.25) is 0 Å². The molecule has 0 radical (unpaired) electrons. The molecule has 2 aromatic carbocycles. The van der Waals surface area contributed by atoms with Gasteiger partial charge in [0, 0.05) is 9.26 Å². The van der Waals surface area contributed by atoms with Crippen molar-refractivity contribution in [3.8, 4) is 0 Å². The van der Waals surface area contributed by atoms with E-state index in [1.165, 1.54) is 12.1 Å². The Morgan fingerprint density at radius 3 is 2.42 bits per heavy atom. The molecular formula is C17H12FIN2O2S. The third-order valence-corrected chi connectivity index (χ3v) is 4.95. The first-order chi connectivity index (χ1) is 11.5. The molecule has 3 rings (SSSR count). The van der Waals surface area contributed by atoms with Gasteiger partial charge in [0.05, 0.1) is 11.6 Å². The Morgan fingerprint density at radius 1 is 1.08 bits per heavy atom. The van der Waals surface area contributed by atoms with Gasteiger partial charge >= 0.3 is 0 Å². The van der Waals surface area contributed by atoms with E-state index in [9.17, 15) is 14.0 Å². The van der Waals surface area contributed by atoms with Gasteiger partial charge < -0.3 is 5.32 Å². The van der Waals surface area contributed by atoms with Crippen LogP contribution in [0, 0.1) is 9.39 Å². The van der Waals surface area contributed by atoms with Crippen LogP contribution in [0.4, 0.5) is 14.9 Å². The molecule has 0 bridgehead atoms. The molecule has 1 N–H and O–H groups in total. The number of nitrogens with zero attached hydrogens (tertiary/aromatic N) is 1. The number of rotatable bonds is 4. The standard InChI is InChI=1S/C17H12FIN2O2S/c18-12-3-1-11(2-4-12)9-15-16(22)21(17(23)24-15)10-20-14-7-5-13(19)6-8-14/h1-9,20H,10H2/b15-9+. The minimum absolute atomic E-state index is 0.103. The summed E-state index contributed by atoms with van der Waals surface area (Å²) in [5.74, 6) is -0.700. The van der Waals surface area contributed by atoms with Crippen molar-refractivity contribution in [2.24, 2.45) is 0 Å². The summed E-state index contributed by atoms with van der Waals surface area (Å²) < 4.78 is 14.0. The zero-order chi connectivity index (χ0) is 17.1. The number of nitrogens with one attached hydrogen (secondary N) is 1. The molecule has 0 unspecified atom stereocenters. The lowest BCUT2D eigenvalue weighted by Crippen LogP contribution is -2.33. The minimum atomic E-state index is -0.354. The summed E-state index contributed by atoms with van der Waals surface area (Å²) >= 11 is 3.09. The van der Waals surface area contributed by atoms with Gasteiger partial charge in [0.1, 0.15) is 5.82 Å². The van der Waals surface area contributed by atoms with Crippen LogP contribution in [0.3, 0.4) is 0 Å². The van der Waals surface area contributed by atoms with Gasteiger partial charge in [-0.2, -0.15) is 0 Å². The molecule has 1 saturated heterocycles. The number of benzene rings is 2. The molecule has 1 aliphatic rings. The number of imide groups is 1. The normalized spacial score (nSPS) is 16.1. The highest BCUT2D eigenvalue weighted by Gasteiger charge is 2.34. The van der Waals surface area contributed by atoms with Gasteiger partial charge in [0.25, 0.3) is 11.1 Å². The summed E-state index contributed by atoms with van der Waals surface area (Å²) in [5.41, 5.74) is 1.50. The van der Waals surface area contributed by atoms with E-state index in [4.69, 9.17) is 0 Å². The van der Waals surface area contributed by atoms with E-state index in [2.05, 4.69) is 27.9 Å². The first-order valence-corrected chi connectivity index (χ1v) is 8.93. The highest BCUT2D eigenvalue weighted by Crippen LogP contribution is 2.32. The van der Waals surface area contributed by atoms with Crippen molar-refractivity contribution in [3.63, 3.8) is 0 Å². The van der Waals surface area contributed by atoms with Crippen molar-refractivity contribution in [2.75, 3.05) is 12.0 Å². The molecule has 0 aliphatic carbocycles. The first-order valence-electron chi connectivity index (χ1n) is 7.03. The maximum Gasteiger partial charge on any atom is 0.295 e. The maximum absolute atomic E-state index is 12.9. The van der Waals surface area contributed by atoms with Crippen LogP contribution in [0.2, 0.25) is 0 Å². The number of carbonyl (C=O) groups excluding carboxylic acids is 2. The molecule has 2 amide bonds. The molecule has 1 aliphatic heterocycles. The Labute approximate surface area is 156 Å². The summed E-state index contributed by atoms with van der Waals surface area (Å²) in [7, 11) is 0. The van der Waals surface area contributed by atoms with Crippen molar-refractivity contribution < 1.29 is 14.0 Å². The van der Waals surface area contributed by atoms with Gasteiger partial charge in [0.15, 0.2) is 0 Å². The summed E-state index contributed by atoms with van der Waals surface area (Å²) in [5, 5.41) is 2.73. The smallest absolute Gasteiger partial charge is 0.295 e. The van der Waals surface area contributed by atoms with E-state index in [0.717, 1.165) is 25.9 Å². The lowest BCUT2D eigenvalue weighted by atomic mass is 10.2. The van der Waals surface area contributed by atoms with Crippen LogP contribution < -0.4 is 5.32 Å². The van der Waals surface area contributed by atoms with Crippen LogP contribution >= 0.6 is 34.4 Å². The van der Waals surface area contributed by atoms with E-state index < -0.39 is 0 Å². The lowest BCUT2D eigenvalue weighted by molar-refractivity contribution is -0.122. The summed E-state index contributed by atoms with van der Waals surface area (Å²) in [4.78, 5) is 25.9. The molecule has 24 heavy (non-hydrogen) atoms. The highest BCUT2D eigenvalue weighted by molar-refractivity contribution is 14.1. The third-order valence-electron chi connectivity index (χ3n) is 3.33. The second-order valence-electron chi connectivity index (χ2n) is 5.00. The molecular weight excluding hydrogens is 442 g/mol. The number of thioether (sulfide) groups is 1. The number of carbonyl (C=O) groups is 2. The van der Waals surface area contributed by atoms with Crippen molar-refractivity contribution in [3.05, 3.63) is 68.4 Å².